The Bertz CT molecular complexity index is 2090. The lowest BCUT2D eigenvalue weighted by molar-refractivity contribution is 0.0690. The molecule has 50 heavy (non-hydrogen) atoms. The molecule has 1 aliphatic heterocycles. The van der Waals surface area contributed by atoms with E-state index in [2.05, 4.69) is 52.7 Å². The first-order valence-electron chi connectivity index (χ1n) is 16.0. The highest BCUT2D eigenvalue weighted by atomic mass is 32.1. The van der Waals surface area contributed by atoms with Crippen molar-refractivity contribution in [2.24, 2.45) is 5.11 Å². The second kappa shape index (κ2) is 16.4. The summed E-state index contributed by atoms with van der Waals surface area (Å²) in [7, 11) is 0. The summed E-state index contributed by atoms with van der Waals surface area (Å²) < 4.78 is 21.5. The fourth-order valence-electron chi connectivity index (χ4n) is 5.43. The van der Waals surface area contributed by atoms with Gasteiger partial charge in [0, 0.05) is 39.6 Å². The van der Waals surface area contributed by atoms with Crippen molar-refractivity contribution in [1.82, 2.24) is 25.5 Å². The summed E-state index contributed by atoms with van der Waals surface area (Å²) in [5.74, 6) is 5.62. The van der Waals surface area contributed by atoms with E-state index < -0.39 is 11.8 Å². The Balaban J connectivity index is 1.06. The number of thiazole rings is 2. The van der Waals surface area contributed by atoms with Gasteiger partial charge in [-0.25, -0.2) is 19.2 Å². The van der Waals surface area contributed by atoms with Crippen LogP contribution in [0.4, 0.5) is 26.3 Å². The van der Waals surface area contributed by atoms with Gasteiger partial charge in [-0.3, -0.25) is 0 Å². The minimum absolute atomic E-state index is 0.00445. The van der Waals surface area contributed by atoms with Gasteiger partial charge in [0.05, 0.1) is 23.4 Å². The molecule has 0 bridgehead atoms. The number of carboxylic acids is 1. The van der Waals surface area contributed by atoms with Gasteiger partial charge >= 0.3 is 5.97 Å². The highest BCUT2D eigenvalue weighted by molar-refractivity contribution is 7.22. The lowest BCUT2D eigenvalue weighted by Crippen LogP contribution is -2.27. The number of rotatable bonds is 14. The molecule has 2 aromatic carbocycles. The largest absolute Gasteiger partial charge is 0.491 e. The summed E-state index contributed by atoms with van der Waals surface area (Å²) in [6, 6.07) is 12.5. The van der Waals surface area contributed by atoms with Crippen molar-refractivity contribution in [3.05, 3.63) is 86.0 Å². The van der Waals surface area contributed by atoms with Crippen molar-refractivity contribution >= 4 is 60.8 Å². The van der Waals surface area contributed by atoms with E-state index in [0.29, 0.717) is 72.6 Å². The first-order chi connectivity index (χ1) is 24.4. The van der Waals surface area contributed by atoms with Crippen molar-refractivity contribution < 1.29 is 19.0 Å². The molecule has 0 unspecified atom stereocenters. The summed E-state index contributed by atoms with van der Waals surface area (Å²) in [5.41, 5.74) is 11.7. The molecule has 1 aliphatic rings. The standard InChI is InChI=1S/C34H33FN10O3S2/c1-21-23-9-5-18-45(31(23)43-42-30(21)41-33-39-25-10-2-3-11-27(25)49-33)34-40-29(32(46)47)28(50-34)12-6-19-48-26-14-13-22(20-24(26)35)8-4-15-37-16-7-17-38-44-36/h2-3,10-11,13-14,20,37H,5-7,9,12,15-19H2,1H3,(H,46,47)(H,39,41,42). The predicted octanol–water partition coefficient (Wildman–Crippen LogP) is 7.17. The van der Waals surface area contributed by atoms with Gasteiger partial charge in [-0.1, -0.05) is 40.4 Å². The topological polar surface area (TPSA) is 174 Å². The lowest BCUT2D eigenvalue weighted by Gasteiger charge is -2.28. The van der Waals surface area contributed by atoms with Gasteiger partial charge in [-0.2, -0.15) is 0 Å². The Morgan fingerprint density at radius 2 is 2.08 bits per heavy atom. The maximum atomic E-state index is 14.7. The monoisotopic (exact) mass is 712 g/mol. The quantitative estimate of drug-likeness (QED) is 0.0352. The van der Waals surface area contributed by atoms with Crippen molar-refractivity contribution in [2.75, 3.05) is 43.0 Å². The van der Waals surface area contributed by atoms with E-state index in [0.717, 1.165) is 39.3 Å². The van der Waals surface area contributed by atoms with Gasteiger partial charge < -0.3 is 25.4 Å². The number of anilines is 4. The number of nitrogens with zero attached hydrogens (tertiary/aromatic N) is 8. The molecular weight excluding hydrogens is 680 g/mol. The summed E-state index contributed by atoms with van der Waals surface area (Å²) >= 11 is 2.86. The van der Waals surface area contributed by atoms with Crippen LogP contribution in [0.5, 0.6) is 5.75 Å². The number of carbonyl (C=O) groups is 1. The van der Waals surface area contributed by atoms with Gasteiger partial charge in [0.15, 0.2) is 39.2 Å². The minimum Gasteiger partial charge on any atom is -0.491 e. The van der Waals surface area contributed by atoms with Crippen LogP contribution in [0, 0.1) is 24.6 Å². The normalized spacial score (nSPS) is 12.2. The number of aromatic carboxylic acids is 1. The Kier molecular flexibility index (Phi) is 11.3. The molecule has 256 valence electrons. The summed E-state index contributed by atoms with van der Waals surface area (Å²) in [4.78, 5) is 26.6. The molecule has 0 amide bonds. The second-order valence-electron chi connectivity index (χ2n) is 11.3. The number of azide groups is 1. The Labute approximate surface area is 295 Å². The average molecular weight is 713 g/mol. The van der Waals surface area contributed by atoms with Crippen molar-refractivity contribution in [2.45, 2.75) is 39.0 Å². The number of nitrogens with one attached hydrogen (secondary N) is 2. The van der Waals surface area contributed by atoms with E-state index in [1.54, 1.807) is 17.4 Å². The molecule has 0 fully saturated rings. The number of aromatic nitrogens is 4. The van der Waals surface area contributed by atoms with E-state index in [-0.39, 0.29) is 18.1 Å². The molecule has 0 spiro atoms. The second-order valence-corrected chi connectivity index (χ2v) is 13.4. The molecule has 0 radical (unpaired) electrons. The SMILES string of the molecule is Cc1c(Nc2nc3ccccc3s2)nnc2c1CCCN2c1nc(C(=O)O)c(CCCOc2ccc(C#CCNCCCN=[N+]=[N-])cc2F)s1. The molecule has 3 N–H and O–H groups in total. The Morgan fingerprint density at radius 1 is 1.20 bits per heavy atom. The van der Waals surface area contributed by atoms with Crippen LogP contribution in [0.1, 0.15) is 51.3 Å². The van der Waals surface area contributed by atoms with Crippen LogP contribution in [0.3, 0.4) is 0 Å². The number of carboxylic acid groups (broad SMARTS) is 1. The molecule has 0 saturated heterocycles. The lowest BCUT2D eigenvalue weighted by atomic mass is 10.0. The third kappa shape index (κ3) is 8.27. The van der Waals surface area contributed by atoms with Crippen LogP contribution in [0.25, 0.3) is 20.7 Å². The molecule has 0 saturated carbocycles. The number of hydrogen-bond acceptors (Lipinski definition) is 12. The highest BCUT2D eigenvalue weighted by Crippen LogP contribution is 2.39. The van der Waals surface area contributed by atoms with Crippen molar-refractivity contribution in [3.63, 3.8) is 0 Å². The molecule has 6 rings (SSSR count). The summed E-state index contributed by atoms with van der Waals surface area (Å²) in [6.07, 6.45) is 3.23. The Morgan fingerprint density at radius 3 is 2.90 bits per heavy atom. The highest BCUT2D eigenvalue weighted by Gasteiger charge is 2.28. The minimum atomic E-state index is -1.11. The number of ether oxygens (including phenoxy) is 1. The van der Waals surface area contributed by atoms with Gasteiger partial charge in [-0.05, 0) is 81.4 Å². The van der Waals surface area contributed by atoms with E-state index in [4.69, 9.17) is 10.3 Å². The van der Waals surface area contributed by atoms with Gasteiger partial charge in [0.1, 0.15) is 0 Å². The molecule has 0 atom stereocenters. The molecule has 13 nitrogen and oxygen atoms in total. The van der Waals surface area contributed by atoms with E-state index in [1.807, 2.05) is 36.1 Å². The third-order valence-corrected chi connectivity index (χ3v) is 9.97. The van der Waals surface area contributed by atoms with Gasteiger partial charge in [0.2, 0.25) is 0 Å². The fraction of sp³-hybridized carbons (Fsp3) is 0.324. The van der Waals surface area contributed by atoms with Gasteiger partial charge in [0.25, 0.3) is 0 Å². The van der Waals surface area contributed by atoms with Crippen LogP contribution in [0.15, 0.2) is 47.6 Å². The fourth-order valence-corrected chi connectivity index (χ4v) is 7.42. The zero-order chi connectivity index (χ0) is 34.9. The average Bonchev–Trinajstić information content (AvgIpc) is 3.74. The molecule has 0 aliphatic carbocycles. The first kappa shape index (κ1) is 34.5. The summed E-state index contributed by atoms with van der Waals surface area (Å²) in [5, 5.41) is 30.2. The van der Waals surface area contributed by atoms with E-state index >= 15 is 0 Å². The third-order valence-electron chi connectivity index (χ3n) is 7.88. The van der Waals surface area contributed by atoms with Crippen LogP contribution in [0.2, 0.25) is 0 Å². The zero-order valence-electron chi connectivity index (χ0n) is 27.1. The molecule has 16 heteroatoms. The molecule has 5 aromatic rings. The number of aryl methyl sites for hydroxylation is 1. The maximum Gasteiger partial charge on any atom is 0.355 e. The predicted molar refractivity (Wildman–Crippen MR) is 193 cm³/mol. The van der Waals surface area contributed by atoms with Crippen LogP contribution >= 0.6 is 22.7 Å². The van der Waals surface area contributed by atoms with Crippen molar-refractivity contribution in [3.8, 4) is 17.6 Å². The van der Waals surface area contributed by atoms with Crippen LogP contribution in [-0.2, 0) is 12.8 Å². The number of hydrogen-bond donors (Lipinski definition) is 3. The van der Waals surface area contributed by atoms with Gasteiger partial charge in [-0.15, -0.1) is 21.5 Å². The number of para-hydroxylation sites is 1. The smallest absolute Gasteiger partial charge is 0.355 e. The van der Waals surface area contributed by atoms with E-state index in [9.17, 15) is 14.3 Å². The summed E-state index contributed by atoms with van der Waals surface area (Å²) in [6.45, 7) is 4.34. The van der Waals surface area contributed by atoms with Crippen molar-refractivity contribution in [1.29, 1.82) is 0 Å². The molecular formula is C34H33FN10O3S2. The maximum absolute atomic E-state index is 14.7. The van der Waals surface area contributed by atoms with Crippen LogP contribution < -0.4 is 20.3 Å². The van der Waals surface area contributed by atoms with Crippen LogP contribution in [-0.4, -0.2) is 64.0 Å². The number of fused-ring (bicyclic) bond motifs is 2. The zero-order valence-corrected chi connectivity index (χ0v) is 28.8. The molecule has 4 heterocycles. The number of benzene rings is 2. The first-order valence-corrected chi connectivity index (χ1v) is 17.7. The Hall–Kier alpha value is -5.33. The van der Waals surface area contributed by atoms with E-state index in [1.165, 1.54) is 23.5 Å². The number of halogens is 1. The molecule has 3 aromatic heterocycles.